The van der Waals surface area contributed by atoms with Gasteiger partial charge < -0.3 is 10.2 Å². The summed E-state index contributed by atoms with van der Waals surface area (Å²) in [5, 5.41) is 2.74. The average Bonchev–Trinajstić information content (AvgIpc) is 2.92. The number of rotatable bonds is 2. The van der Waals surface area contributed by atoms with Crippen LogP contribution >= 0.6 is 0 Å². The second-order valence-corrected chi connectivity index (χ2v) is 5.20. The van der Waals surface area contributed by atoms with Crippen LogP contribution in [0.2, 0.25) is 0 Å². The van der Waals surface area contributed by atoms with Crippen LogP contribution in [0.4, 0.5) is 5.69 Å². The zero-order chi connectivity index (χ0) is 13.8. The minimum atomic E-state index is -0.532. The highest BCUT2D eigenvalue weighted by Gasteiger charge is 2.24. The molecule has 1 saturated heterocycles. The van der Waals surface area contributed by atoms with E-state index < -0.39 is 11.8 Å². The van der Waals surface area contributed by atoms with Gasteiger partial charge in [-0.3, -0.25) is 9.59 Å². The minimum absolute atomic E-state index is 0.304. The van der Waals surface area contributed by atoms with Crippen LogP contribution in [0.1, 0.15) is 38.2 Å². The topological polar surface area (TPSA) is 49.4 Å². The molecule has 4 heteroatoms. The predicted molar refractivity (Wildman–Crippen MR) is 75.0 cm³/mol. The number of benzene rings is 1. The summed E-state index contributed by atoms with van der Waals surface area (Å²) in [5.74, 6) is -0.649. The molecule has 0 aromatic heterocycles. The zero-order valence-electron chi connectivity index (χ0n) is 11.5. The Labute approximate surface area is 113 Å². The van der Waals surface area contributed by atoms with Gasteiger partial charge in [0.1, 0.15) is 0 Å². The van der Waals surface area contributed by atoms with Gasteiger partial charge in [0.25, 0.3) is 0 Å². The summed E-state index contributed by atoms with van der Waals surface area (Å²) in [6, 6.07) is 7.61. The van der Waals surface area contributed by atoms with Crippen molar-refractivity contribution in [3.8, 4) is 0 Å². The van der Waals surface area contributed by atoms with Crippen LogP contribution in [0.15, 0.2) is 24.3 Å². The van der Waals surface area contributed by atoms with E-state index in [9.17, 15) is 9.59 Å². The Hall–Kier alpha value is -1.84. The van der Waals surface area contributed by atoms with E-state index in [1.54, 1.807) is 4.90 Å². The third-order valence-corrected chi connectivity index (χ3v) is 3.42. The monoisotopic (exact) mass is 260 g/mol. The maximum absolute atomic E-state index is 12.0. The lowest BCUT2D eigenvalue weighted by molar-refractivity contribution is -0.142. The molecule has 19 heavy (non-hydrogen) atoms. The first-order valence-electron chi connectivity index (χ1n) is 6.79. The molecular weight excluding hydrogens is 240 g/mol. The molecule has 4 nitrogen and oxygen atoms in total. The fourth-order valence-corrected chi connectivity index (χ4v) is 2.35. The van der Waals surface area contributed by atoms with Gasteiger partial charge in [0.15, 0.2) is 0 Å². The van der Waals surface area contributed by atoms with E-state index in [1.165, 1.54) is 0 Å². The van der Waals surface area contributed by atoms with Gasteiger partial charge in [-0.1, -0.05) is 32.0 Å². The smallest absolute Gasteiger partial charge is 0.313 e. The highest BCUT2D eigenvalue weighted by molar-refractivity contribution is 6.39. The van der Waals surface area contributed by atoms with Gasteiger partial charge in [0.2, 0.25) is 0 Å². The Morgan fingerprint density at radius 2 is 1.79 bits per heavy atom. The van der Waals surface area contributed by atoms with Crippen LogP contribution in [-0.2, 0) is 9.59 Å². The first-order valence-corrected chi connectivity index (χ1v) is 6.79. The van der Waals surface area contributed by atoms with Crippen molar-refractivity contribution >= 4 is 17.5 Å². The SMILES string of the molecule is CC(C)c1ccccc1NC(=O)C(=O)N1CCCC1. The van der Waals surface area contributed by atoms with Crippen LogP contribution in [0.25, 0.3) is 0 Å². The highest BCUT2D eigenvalue weighted by Crippen LogP contribution is 2.23. The van der Waals surface area contributed by atoms with Crippen LogP contribution in [0, 0.1) is 0 Å². The number of hydrogen-bond donors (Lipinski definition) is 1. The number of nitrogens with one attached hydrogen (secondary N) is 1. The molecule has 1 N–H and O–H groups in total. The molecule has 0 spiro atoms. The molecule has 0 bridgehead atoms. The molecular formula is C15H20N2O2. The van der Waals surface area contributed by atoms with Gasteiger partial charge in [0.05, 0.1) is 0 Å². The molecule has 1 aliphatic rings. The number of amides is 2. The lowest BCUT2D eigenvalue weighted by Crippen LogP contribution is -2.37. The molecule has 102 valence electrons. The Balaban J connectivity index is 2.08. The van der Waals surface area contributed by atoms with Gasteiger partial charge in [-0.25, -0.2) is 0 Å². The molecule has 0 atom stereocenters. The van der Waals surface area contributed by atoms with E-state index in [1.807, 2.05) is 24.3 Å². The van der Waals surface area contributed by atoms with E-state index in [4.69, 9.17) is 0 Å². The molecule has 2 amide bonds. The van der Waals surface area contributed by atoms with E-state index in [0.717, 1.165) is 24.1 Å². The summed E-state index contributed by atoms with van der Waals surface area (Å²) in [4.78, 5) is 25.5. The maximum atomic E-state index is 12.0. The molecule has 1 heterocycles. The van der Waals surface area contributed by atoms with Crippen molar-refractivity contribution in [2.45, 2.75) is 32.6 Å². The normalized spacial score (nSPS) is 14.8. The number of hydrogen-bond acceptors (Lipinski definition) is 2. The number of likely N-dealkylation sites (tertiary alicyclic amines) is 1. The molecule has 0 unspecified atom stereocenters. The average molecular weight is 260 g/mol. The van der Waals surface area contributed by atoms with E-state index >= 15 is 0 Å². The van der Waals surface area contributed by atoms with Crippen LogP contribution in [0.3, 0.4) is 0 Å². The van der Waals surface area contributed by atoms with Crippen molar-refractivity contribution in [2.75, 3.05) is 18.4 Å². The number of carbonyl (C=O) groups is 2. The zero-order valence-corrected chi connectivity index (χ0v) is 11.5. The molecule has 1 aliphatic heterocycles. The fraction of sp³-hybridized carbons (Fsp3) is 0.467. The van der Waals surface area contributed by atoms with Crippen molar-refractivity contribution < 1.29 is 9.59 Å². The van der Waals surface area contributed by atoms with Crippen LogP contribution < -0.4 is 5.32 Å². The van der Waals surface area contributed by atoms with E-state index in [2.05, 4.69) is 19.2 Å². The summed E-state index contributed by atoms with van der Waals surface area (Å²) in [7, 11) is 0. The number of carbonyl (C=O) groups excluding carboxylic acids is 2. The summed E-state index contributed by atoms with van der Waals surface area (Å²) >= 11 is 0. The van der Waals surface area contributed by atoms with E-state index in [-0.39, 0.29) is 0 Å². The summed E-state index contributed by atoms with van der Waals surface area (Å²) in [6.45, 7) is 5.51. The number of para-hydroxylation sites is 1. The van der Waals surface area contributed by atoms with Gasteiger partial charge in [0, 0.05) is 18.8 Å². The summed E-state index contributed by atoms with van der Waals surface area (Å²) in [5.41, 5.74) is 1.78. The van der Waals surface area contributed by atoms with E-state index in [0.29, 0.717) is 19.0 Å². The first kappa shape index (κ1) is 13.6. The van der Waals surface area contributed by atoms with Crippen molar-refractivity contribution in [3.05, 3.63) is 29.8 Å². The highest BCUT2D eigenvalue weighted by atomic mass is 16.2. The second kappa shape index (κ2) is 5.87. The van der Waals surface area contributed by atoms with Gasteiger partial charge >= 0.3 is 11.8 Å². The fourth-order valence-electron chi connectivity index (χ4n) is 2.35. The maximum Gasteiger partial charge on any atom is 0.313 e. The second-order valence-electron chi connectivity index (χ2n) is 5.20. The Kier molecular flexibility index (Phi) is 4.20. The molecule has 0 radical (unpaired) electrons. The van der Waals surface area contributed by atoms with Gasteiger partial charge in [-0.15, -0.1) is 0 Å². The lowest BCUT2D eigenvalue weighted by Gasteiger charge is -2.17. The third kappa shape index (κ3) is 3.13. The van der Waals surface area contributed by atoms with Crippen molar-refractivity contribution in [1.29, 1.82) is 0 Å². The van der Waals surface area contributed by atoms with Crippen molar-refractivity contribution in [2.24, 2.45) is 0 Å². The number of nitrogens with zero attached hydrogens (tertiary/aromatic N) is 1. The first-order chi connectivity index (χ1) is 9.09. The Morgan fingerprint density at radius 3 is 2.42 bits per heavy atom. The standard InChI is InChI=1S/C15H20N2O2/c1-11(2)12-7-3-4-8-13(12)16-14(18)15(19)17-9-5-6-10-17/h3-4,7-8,11H,5-6,9-10H2,1-2H3,(H,16,18). The lowest BCUT2D eigenvalue weighted by atomic mass is 10.0. The molecule has 1 fully saturated rings. The molecule has 0 aliphatic carbocycles. The Morgan fingerprint density at radius 1 is 1.16 bits per heavy atom. The van der Waals surface area contributed by atoms with Crippen LogP contribution in [-0.4, -0.2) is 29.8 Å². The Bertz CT molecular complexity index is 477. The molecule has 1 aromatic carbocycles. The summed E-state index contributed by atoms with van der Waals surface area (Å²) in [6.07, 6.45) is 1.98. The third-order valence-electron chi connectivity index (χ3n) is 3.42. The quantitative estimate of drug-likeness (QED) is 0.830. The van der Waals surface area contributed by atoms with Gasteiger partial charge in [-0.05, 0) is 30.4 Å². The predicted octanol–water partition coefficient (Wildman–Crippen LogP) is 2.37. The minimum Gasteiger partial charge on any atom is -0.334 e. The number of anilines is 1. The van der Waals surface area contributed by atoms with Crippen LogP contribution in [0.5, 0.6) is 0 Å². The summed E-state index contributed by atoms with van der Waals surface area (Å²) < 4.78 is 0. The van der Waals surface area contributed by atoms with Crippen molar-refractivity contribution in [3.63, 3.8) is 0 Å². The molecule has 0 saturated carbocycles. The largest absolute Gasteiger partial charge is 0.334 e. The van der Waals surface area contributed by atoms with Gasteiger partial charge in [-0.2, -0.15) is 0 Å². The molecule has 2 rings (SSSR count). The van der Waals surface area contributed by atoms with Crippen molar-refractivity contribution in [1.82, 2.24) is 4.90 Å². The molecule has 1 aromatic rings.